The highest BCUT2D eigenvalue weighted by Crippen LogP contribution is 2.08. The number of nitrogens with one attached hydrogen (secondary N) is 1. The van der Waals surface area contributed by atoms with Crippen molar-refractivity contribution in [1.29, 1.82) is 0 Å². The predicted octanol–water partition coefficient (Wildman–Crippen LogP) is 2.18. The van der Waals surface area contributed by atoms with E-state index < -0.39 is 0 Å². The van der Waals surface area contributed by atoms with Crippen LogP contribution in [0.25, 0.3) is 0 Å². The first-order valence-electron chi connectivity index (χ1n) is 6.78. The molecule has 3 N–H and O–H groups in total. The number of nitrogens with two attached hydrogens (primary N) is 1. The fraction of sp³-hybridized carbons (Fsp3) is 0.923. The van der Waals surface area contributed by atoms with Gasteiger partial charge in [-0.05, 0) is 66.1 Å². The Hall–Kier alpha value is -0.0400. The number of likely N-dealkylation sites (tertiary alicyclic amines) is 1. The van der Waals surface area contributed by atoms with Crippen LogP contribution in [0.5, 0.6) is 0 Å². The van der Waals surface area contributed by atoms with Gasteiger partial charge in [-0.2, -0.15) is 0 Å². The molecule has 0 amide bonds. The molecule has 1 aliphatic rings. The van der Waals surface area contributed by atoms with Crippen molar-refractivity contribution in [2.45, 2.75) is 52.0 Å². The number of halogens is 1. The van der Waals surface area contributed by atoms with Crippen LogP contribution in [0.1, 0.15) is 46.5 Å². The molecule has 5 heteroatoms. The lowest BCUT2D eigenvalue weighted by molar-refractivity contribution is 0.331. The van der Waals surface area contributed by atoms with E-state index in [1.165, 1.54) is 38.9 Å². The van der Waals surface area contributed by atoms with Crippen molar-refractivity contribution < 1.29 is 0 Å². The molecule has 0 radical (unpaired) electrons. The maximum atomic E-state index is 5.79. The van der Waals surface area contributed by atoms with E-state index >= 15 is 0 Å². The van der Waals surface area contributed by atoms with Crippen molar-refractivity contribution in [3.8, 4) is 0 Å². The van der Waals surface area contributed by atoms with E-state index in [1.54, 1.807) is 0 Å². The quantitative estimate of drug-likeness (QED) is 0.339. The molecule has 1 saturated heterocycles. The molecule has 4 nitrogen and oxygen atoms in total. The van der Waals surface area contributed by atoms with E-state index in [0.717, 1.165) is 13.0 Å². The Kier molecular flexibility index (Phi) is 8.94. The maximum absolute atomic E-state index is 5.79. The largest absolute Gasteiger partial charge is 0.370 e. The fourth-order valence-electron chi connectivity index (χ4n) is 2.08. The van der Waals surface area contributed by atoms with Gasteiger partial charge < -0.3 is 16.0 Å². The number of aliphatic imine (C=N–C) groups is 1. The second-order valence-electron chi connectivity index (χ2n) is 5.90. The zero-order valence-corrected chi connectivity index (χ0v) is 14.4. The standard InChI is InChI=1S/C13H28N4.HI/c1-13(2,3)16-12(14)15-8-4-5-9-17-10-6-7-11-17;/h4-11H2,1-3H3,(H3,14,15,16);1H. The molecule has 18 heavy (non-hydrogen) atoms. The predicted molar refractivity (Wildman–Crippen MR) is 89.7 cm³/mol. The number of guanidine groups is 1. The molecule has 1 fully saturated rings. The second kappa shape index (κ2) is 8.96. The summed E-state index contributed by atoms with van der Waals surface area (Å²) in [5, 5.41) is 3.17. The van der Waals surface area contributed by atoms with Gasteiger partial charge in [0.15, 0.2) is 5.96 Å². The number of rotatable bonds is 5. The zero-order chi connectivity index (χ0) is 12.7. The summed E-state index contributed by atoms with van der Waals surface area (Å²) in [5.41, 5.74) is 5.80. The summed E-state index contributed by atoms with van der Waals surface area (Å²) >= 11 is 0. The van der Waals surface area contributed by atoms with Crippen LogP contribution in [-0.4, -0.2) is 42.6 Å². The molecule has 1 rings (SSSR count). The van der Waals surface area contributed by atoms with Crippen LogP contribution < -0.4 is 11.1 Å². The van der Waals surface area contributed by atoms with Gasteiger partial charge in [0.2, 0.25) is 0 Å². The third-order valence-corrected chi connectivity index (χ3v) is 2.87. The highest BCUT2D eigenvalue weighted by molar-refractivity contribution is 14.0. The fourth-order valence-corrected chi connectivity index (χ4v) is 2.08. The highest BCUT2D eigenvalue weighted by atomic mass is 127. The molecule has 0 bridgehead atoms. The molecule has 0 aromatic rings. The van der Waals surface area contributed by atoms with Gasteiger partial charge in [-0.1, -0.05) is 0 Å². The SMILES string of the molecule is CC(C)(C)NC(N)=NCCCCN1CCCC1.I. The lowest BCUT2D eigenvalue weighted by Gasteiger charge is -2.21. The minimum atomic E-state index is 0. The molecule has 0 unspecified atom stereocenters. The Morgan fingerprint density at radius 2 is 1.83 bits per heavy atom. The number of hydrogen-bond donors (Lipinski definition) is 2. The van der Waals surface area contributed by atoms with Crippen molar-refractivity contribution >= 4 is 29.9 Å². The van der Waals surface area contributed by atoms with E-state index in [2.05, 4.69) is 36.0 Å². The summed E-state index contributed by atoms with van der Waals surface area (Å²) < 4.78 is 0. The molecule has 0 aromatic carbocycles. The highest BCUT2D eigenvalue weighted by Gasteiger charge is 2.10. The number of nitrogens with zero attached hydrogens (tertiary/aromatic N) is 2. The molecule has 0 spiro atoms. The second-order valence-corrected chi connectivity index (χ2v) is 5.90. The van der Waals surface area contributed by atoms with Crippen LogP contribution >= 0.6 is 24.0 Å². The third kappa shape index (κ3) is 8.97. The van der Waals surface area contributed by atoms with Gasteiger partial charge in [0, 0.05) is 12.1 Å². The molecular weight excluding hydrogens is 339 g/mol. The van der Waals surface area contributed by atoms with Crippen LogP contribution in [0.15, 0.2) is 4.99 Å². The summed E-state index contributed by atoms with van der Waals surface area (Å²) in [5.74, 6) is 0.568. The van der Waals surface area contributed by atoms with Gasteiger partial charge in [-0.15, -0.1) is 24.0 Å². The van der Waals surface area contributed by atoms with Crippen LogP contribution in [0.3, 0.4) is 0 Å². The zero-order valence-electron chi connectivity index (χ0n) is 12.0. The van der Waals surface area contributed by atoms with E-state index in [1.807, 2.05) is 0 Å². The molecule has 0 saturated carbocycles. The monoisotopic (exact) mass is 368 g/mol. The molecule has 108 valence electrons. The van der Waals surface area contributed by atoms with Gasteiger partial charge in [0.1, 0.15) is 0 Å². The summed E-state index contributed by atoms with van der Waals surface area (Å²) in [6.45, 7) is 10.9. The lowest BCUT2D eigenvalue weighted by atomic mass is 10.1. The first-order valence-corrected chi connectivity index (χ1v) is 6.78. The topological polar surface area (TPSA) is 53.6 Å². The Bertz CT molecular complexity index is 242. The smallest absolute Gasteiger partial charge is 0.188 e. The van der Waals surface area contributed by atoms with Crippen molar-refractivity contribution in [2.75, 3.05) is 26.2 Å². The molecular formula is C13H29IN4. The summed E-state index contributed by atoms with van der Waals surface area (Å²) in [6, 6.07) is 0. The van der Waals surface area contributed by atoms with Gasteiger partial charge in [-0.25, -0.2) is 0 Å². The van der Waals surface area contributed by atoms with Crippen LogP contribution in [0, 0.1) is 0 Å². The first-order chi connectivity index (χ1) is 7.97. The lowest BCUT2D eigenvalue weighted by Crippen LogP contribution is -2.45. The van der Waals surface area contributed by atoms with Gasteiger partial charge in [-0.3, -0.25) is 4.99 Å². The molecule has 1 aliphatic heterocycles. The average Bonchev–Trinajstić information content (AvgIpc) is 2.67. The number of hydrogen-bond acceptors (Lipinski definition) is 2. The van der Waals surface area contributed by atoms with Gasteiger partial charge >= 0.3 is 0 Å². The van der Waals surface area contributed by atoms with E-state index in [0.29, 0.717) is 5.96 Å². The summed E-state index contributed by atoms with van der Waals surface area (Å²) in [4.78, 5) is 6.88. The third-order valence-electron chi connectivity index (χ3n) is 2.87. The minimum Gasteiger partial charge on any atom is -0.370 e. The summed E-state index contributed by atoms with van der Waals surface area (Å²) in [7, 11) is 0. The molecule has 0 atom stereocenters. The average molecular weight is 368 g/mol. The van der Waals surface area contributed by atoms with E-state index in [4.69, 9.17) is 5.73 Å². The number of unbranched alkanes of at least 4 members (excludes halogenated alkanes) is 1. The summed E-state index contributed by atoms with van der Waals surface area (Å²) in [6.07, 6.45) is 5.11. The first kappa shape index (κ1) is 18.0. The Balaban J connectivity index is 0.00000289. The molecule has 0 aliphatic carbocycles. The Morgan fingerprint density at radius 1 is 1.22 bits per heavy atom. The van der Waals surface area contributed by atoms with E-state index in [-0.39, 0.29) is 29.5 Å². The van der Waals surface area contributed by atoms with Crippen LogP contribution in [0.2, 0.25) is 0 Å². The van der Waals surface area contributed by atoms with Gasteiger partial charge in [0.25, 0.3) is 0 Å². The van der Waals surface area contributed by atoms with Crippen molar-refractivity contribution in [3.05, 3.63) is 0 Å². The minimum absolute atomic E-state index is 0. The van der Waals surface area contributed by atoms with Crippen LogP contribution in [0.4, 0.5) is 0 Å². The van der Waals surface area contributed by atoms with Crippen molar-refractivity contribution in [3.63, 3.8) is 0 Å². The molecule has 1 heterocycles. The Morgan fingerprint density at radius 3 is 2.39 bits per heavy atom. The van der Waals surface area contributed by atoms with E-state index in [9.17, 15) is 0 Å². The van der Waals surface area contributed by atoms with Crippen molar-refractivity contribution in [2.24, 2.45) is 10.7 Å². The van der Waals surface area contributed by atoms with Crippen LogP contribution in [-0.2, 0) is 0 Å². The normalized spacial score (nSPS) is 17.6. The van der Waals surface area contributed by atoms with Crippen molar-refractivity contribution in [1.82, 2.24) is 10.2 Å². The molecule has 0 aromatic heterocycles. The maximum Gasteiger partial charge on any atom is 0.188 e. The van der Waals surface area contributed by atoms with Gasteiger partial charge in [0.05, 0.1) is 0 Å². The Labute approximate surface area is 129 Å².